The van der Waals surface area contributed by atoms with Gasteiger partial charge in [-0.05, 0) is 43.4 Å². The molecule has 1 aromatic carbocycles. The van der Waals surface area contributed by atoms with Gasteiger partial charge >= 0.3 is 0 Å². The van der Waals surface area contributed by atoms with Gasteiger partial charge in [-0.15, -0.1) is 0 Å². The van der Waals surface area contributed by atoms with Crippen LogP contribution in [-0.2, 0) is 4.79 Å². The molecule has 3 nitrogen and oxygen atoms in total. The van der Waals surface area contributed by atoms with E-state index in [9.17, 15) is 4.79 Å². The monoisotopic (exact) mass is 275 g/mol. The fraction of sp³-hybridized carbons (Fsp3) is 0.588. The minimum Gasteiger partial charge on any atom is -0.488 e. The average molecular weight is 275 g/mol. The first kappa shape index (κ1) is 14.9. The highest BCUT2D eigenvalue weighted by molar-refractivity contribution is 5.76. The van der Waals surface area contributed by atoms with E-state index in [1.165, 1.54) is 11.1 Å². The lowest BCUT2D eigenvalue weighted by molar-refractivity contribution is -0.121. The third-order valence-electron chi connectivity index (χ3n) is 3.98. The lowest BCUT2D eigenvalue weighted by atomic mass is 9.81. The molecule has 110 valence electrons. The van der Waals surface area contributed by atoms with Crippen molar-refractivity contribution in [3.8, 4) is 5.75 Å². The minimum atomic E-state index is -0.217. The van der Waals surface area contributed by atoms with Crippen LogP contribution in [0.1, 0.15) is 63.5 Å². The quantitative estimate of drug-likeness (QED) is 0.915. The molecule has 0 saturated heterocycles. The maximum atomic E-state index is 11.8. The Hall–Kier alpha value is -1.51. The number of rotatable bonds is 3. The summed E-state index contributed by atoms with van der Waals surface area (Å²) in [5, 5.41) is 2.73. The predicted octanol–water partition coefficient (Wildman–Crippen LogP) is 3.59. The Balaban J connectivity index is 2.38. The van der Waals surface area contributed by atoms with Crippen LogP contribution in [0.15, 0.2) is 18.2 Å². The molecule has 1 heterocycles. The summed E-state index contributed by atoms with van der Waals surface area (Å²) in [7, 11) is 1.69. The summed E-state index contributed by atoms with van der Waals surface area (Å²) in [5.41, 5.74) is 2.26. The molecule has 1 atom stereocenters. The summed E-state index contributed by atoms with van der Waals surface area (Å²) in [6.45, 7) is 8.54. The zero-order valence-electron chi connectivity index (χ0n) is 13.1. The molecule has 0 aromatic heterocycles. The molecule has 1 amide bonds. The van der Waals surface area contributed by atoms with Gasteiger partial charge in [-0.25, -0.2) is 0 Å². The van der Waals surface area contributed by atoms with Gasteiger partial charge in [0.2, 0.25) is 5.91 Å². The molecule has 0 bridgehead atoms. The summed E-state index contributed by atoms with van der Waals surface area (Å²) in [6.07, 6.45) is 1.40. The highest BCUT2D eigenvalue weighted by Gasteiger charge is 2.34. The lowest BCUT2D eigenvalue weighted by Gasteiger charge is -2.38. The van der Waals surface area contributed by atoms with Crippen LogP contribution in [0, 0.1) is 0 Å². The van der Waals surface area contributed by atoms with Crippen molar-refractivity contribution in [2.75, 3.05) is 7.05 Å². The molecule has 2 rings (SSSR count). The number of benzene rings is 1. The van der Waals surface area contributed by atoms with Gasteiger partial charge in [-0.3, -0.25) is 4.79 Å². The molecule has 1 aliphatic rings. The van der Waals surface area contributed by atoms with Crippen LogP contribution in [-0.4, -0.2) is 18.6 Å². The van der Waals surface area contributed by atoms with Gasteiger partial charge in [0.25, 0.3) is 0 Å². The topological polar surface area (TPSA) is 38.3 Å². The van der Waals surface area contributed by atoms with Crippen molar-refractivity contribution in [3.05, 3.63) is 29.3 Å². The zero-order valence-corrected chi connectivity index (χ0v) is 13.1. The highest BCUT2D eigenvalue weighted by Crippen LogP contribution is 2.43. The zero-order chi connectivity index (χ0) is 14.9. The van der Waals surface area contributed by atoms with Crippen molar-refractivity contribution in [2.45, 2.75) is 58.0 Å². The second-order valence-electron chi connectivity index (χ2n) is 6.59. The van der Waals surface area contributed by atoms with Crippen LogP contribution in [0.5, 0.6) is 5.75 Å². The van der Waals surface area contributed by atoms with Crippen molar-refractivity contribution >= 4 is 5.91 Å². The van der Waals surface area contributed by atoms with Crippen LogP contribution < -0.4 is 10.1 Å². The summed E-state index contributed by atoms with van der Waals surface area (Å²) in [4.78, 5) is 11.8. The number of ether oxygens (including phenoxy) is 1. The SMILES string of the molecule is CNC(=O)CC1CC(C)(C)Oc2ccc(C(C)C)cc21. The van der Waals surface area contributed by atoms with Gasteiger partial charge in [0.15, 0.2) is 0 Å². The number of hydrogen-bond acceptors (Lipinski definition) is 2. The molecular formula is C17H25NO2. The molecule has 1 N–H and O–H groups in total. The molecule has 0 spiro atoms. The van der Waals surface area contributed by atoms with E-state index < -0.39 is 0 Å². The van der Waals surface area contributed by atoms with E-state index in [1.54, 1.807) is 7.05 Å². The third kappa shape index (κ3) is 3.14. The van der Waals surface area contributed by atoms with Crippen molar-refractivity contribution < 1.29 is 9.53 Å². The van der Waals surface area contributed by atoms with E-state index >= 15 is 0 Å². The Morgan fingerprint density at radius 1 is 1.45 bits per heavy atom. The first-order valence-corrected chi connectivity index (χ1v) is 7.36. The minimum absolute atomic E-state index is 0.0913. The van der Waals surface area contributed by atoms with E-state index in [2.05, 4.69) is 51.2 Å². The highest BCUT2D eigenvalue weighted by atomic mass is 16.5. The van der Waals surface area contributed by atoms with Crippen LogP contribution in [0.3, 0.4) is 0 Å². The predicted molar refractivity (Wildman–Crippen MR) is 81.3 cm³/mol. The molecule has 1 aliphatic heterocycles. The van der Waals surface area contributed by atoms with E-state index in [1.807, 2.05) is 0 Å². The molecule has 20 heavy (non-hydrogen) atoms. The van der Waals surface area contributed by atoms with Crippen LogP contribution >= 0.6 is 0 Å². The third-order valence-corrected chi connectivity index (χ3v) is 3.98. The van der Waals surface area contributed by atoms with Gasteiger partial charge < -0.3 is 10.1 Å². The molecule has 1 unspecified atom stereocenters. The second kappa shape index (κ2) is 5.47. The molecular weight excluding hydrogens is 250 g/mol. The molecule has 0 aliphatic carbocycles. The fourth-order valence-electron chi connectivity index (χ4n) is 2.89. The van der Waals surface area contributed by atoms with Gasteiger partial charge in [-0.1, -0.05) is 26.0 Å². The van der Waals surface area contributed by atoms with Crippen molar-refractivity contribution in [1.29, 1.82) is 0 Å². The summed E-state index contributed by atoms with van der Waals surface area (Å²) in [6, 6.07) is 6.40. The number of carbonyl (C=O) groups is 1. The van der Waals surface area contributed by atoms with Crippen molar-refractivity contribution in [1.82, 2.24) is 5.32 Å². The van der Waals surface area contributed by atoms with E-state index in [-0.39, 0.29) is 17.4 Å². The molecule has 1 aromatic rings. The average Bonchev–Trinajstić information content (AvgIpc) is 2.36. The van der Waals surface area contributed by atoms with Crippen LogP contribution in [0.4, 0.5) is 0 Å². The van der Waals surface area contributed by atoms with Gasteiger partial charge in [0, 0.05) is 19.4 Å². The number of nitrogens with one attached hydrogen (secondary N) is 1. The smallest absolute Gasteiger partial charge is 0.220 e. The Labute approximate surface area is 121 Å². The van der Waals surface area contributed by atoms with E-state index in [0.29, 0.717) is 12.3 Å². The number of amides is 1. The molecule has 0 radical (unpaired) electrons. The first-order chi connectivity index (χ1) is 9.32. The van der Waals surface area contributed by atoms with Crippen molar-refractivity contribution in [2.24, 2.45) is 0 Å². The first-order valence-electron chi connectivity index (χ1n) is 7.36. The van der Waals surface area contributed by atoms with E-state index in [0.717, 1.165) is 12.2 Å². The largest absolute Gasteiger partial charge is 0.488 e. The Kier molecular flexibility index (Phi) is 4.07. The molecule has 3 heteroatoms. The summed E-state index contributed by atoms with van der Waals surface area (Å²) >= 11 is 0. The van der Waals surface area contributed by atoms with E-state index in [4.69, 9.17) is 4.74 Å². The number of carbonyl (C=O) groups excluding carboxylic acids is 1. The van der Waals surface area contributed by atoms with Gasteiger partial charge in [-0.2, -0.15) is 0 Å². The van der Waals surface area contributed by atoms with Gasteiger partial charge in [0.1, 0.15) is 11.4 Å². The lowest BCUT2D eigenvalue weighted by Crippen LogP contribution is -2.36. The standard InChI is InChI=1S/C17H25NO2/c1-11(2)12-6-7-15-14(8-12)13(9-16(19)18-5)10-17(3,4)20-15/h6-8,11,13H,9-10H2,1-5H3,(H,18,19). The summed E-state index contributed by atoms with van der Waals surface area (Å²) in [5.74, 6) is 1.73. The van der Waals surface area contributed by atoms with Crippen LogP contribution in [0.2, 0.25) is 0 Å². The molecule has 0 saturated carbocycles. The fourth-order valence-corrected chi connectivity index (χ4v) is 2.89. The maximum Gasteiger partial charge on any atom is 0.220 e. The number of hydrogen-bond donors (Lipinski definition) is 1. The number of fused-ring (bicyclic) bond motifs is 1. The van der Waals surface area contributed by atoms with Gasteiger partial charge in [0.05, 0.1) is 0 Å². The molecule has 0 fully saturated rings. The Morgan fingerprint density at radius 3 is 2.75 bits per heavy atom. The van der Waals surface area contributed by atoms with Crippen molar-refractivity contribution in [3.63, 3.8) is 0 Å². The maximum absolute atomic E-state index is 11.8. The Morgan fingerprint density at radius 2 is 2.15 bits per heavy atom. The second-order valence-corrected chi connectivity index (χ2v) is 6.59. The Bertz CT molecular complexity index is 506. The normalized spacial score (nSPS) is 20.2. The van der Waals surface area contributed by atoms with Crippen LogP contribution in [0.25, 0.3) is 0 Å². The summed E-state index contributed by atoms with van der Waals surface area (Å²) < 4.78 is 6.07.